The molecule has 92 valence electrons. The summed E-state index contributed by atoms with van der Waals surface area (Å²) in [5.74, 6) is -0.336. The van der Waals surface area contributed by atoms with E-state index in [1.807, 2.05) is 0 Å². The average molecular weight is 248 g/mol. The molecule has 1 aromatic heterocycles. The monoisotopic (exact) mass is 248 g/mol. The number of nitrogens with zero attached hydrogens (tertiary/aromatic N) is 2. The van der Waals surface area contributed by atoms with Crippen LogP contribution in [0.25, 0.3) is 11.0 Å². The molecular weight excluding hydrogens is 240 g/mol. The number of hydrogen-bond acceptors (Lipinski definition) is 5. The van der Waals surface area contributed by atoms with Gasteiger partial charge in [-0.15, -0.1) is 0 Å². The van der Waals surface area contributed by atoms with Gasteiger partial charge in [0.25, 0.3) is 5.96 Å². The molecule has 8 nitrogen and oxygen atoms in total. The molecule has 18 heavy (non-hydrogen) atoms. The average Bonchev–Trinajstić information content (AvgIpc) is 2.28. The van der Waals surface area contributed by atoms with Gasteiger partial charge in [-0.3, -0.25) is 0 Å². The Kier molecular flexibility index (Phi) is 2.92. The molecule has 0 fully saturated rings. The molecule has 0 unspecified atom stereocenters. The van der Waals surface area contributed by atoms with Gasteiger partial charge in [0.15, 0.2) is 5.03 Å². The second-order valence-corrected chi connectivity index (χ2v) is 3.34. The van der Waals surface area contributed by atoms with E-state index in [0.29, 0.717) is 16.7 Å². The molecule has 0 bridgehead atoms. The molecule has 1 heterocycles. The van der Waals surface area contributed by atoms with Crippen LogP contribution in [0.1, 0.15) is 0 Å². The van der Waals surface area contributed by atoms with E-state index in [2.05, 4.69) is 4.99 Å². The summed E-state index contributed by atoms with van der Waals surface area (Å²) >= 11 is 0. The number of hydrogen-bond donors (Lipinski definition) is 2. The van der Waals surface area contributed by atoms with E-state index in [-0.39, 0.29) is 5.96 Å². The summed E-state index contributed by atoms with van der Waals surface area (Å²) in [4.78, 5) is 24.9. The van der Waals surface area contributed by atoms with Gasteiger partial charge in [-0.05, 0) is 24.3 Å². The van der Waals surface area contributed by atoms with Crippen molar-refractivity contribution in [1.29, 1.82) is 0 Å². The van der Waals surface area contributed by atoms with E-state index in [1.54, 1.807) is 17.6 Å². The first-order chi connectivity index (χ1) is 8.54. The highest BCUT2D eigenvalue weighted by Crippen LogP contribution is 2.19. The molecule has 2 rings (SSSR count). The summed E-state index contributed by atoms with van der Waals surface area (Å²) in [5, 5.41) is 9.97. The fraction of sp³-hybridized carbons (Fsp3) is 0. The summed E-state index contributed by atoms with van der Waals surface area (Å²) in [6.07, 6.45) is 0. The largest absolute Gasteiger partial charge is 0.423 e. The maximum atomic E-state index is 11.0. The SMILES string of the molecule is NC(=Nc1ccc2oc(=O)ccc2c1)N[N+](=O)[O-]. The second-order valence-electron chi connectivity index (χ2n) is 3.34. The number of rotatable bonds is 2. The molecule has 8 heteroatoms. The molecule has 0 aliphatic carbocycles. The van der Waals surface area contributed by atoms with Crippen molar-refractivity contribution < 1.29 is 9.45 Å². The molecule has 3 N–H and O–H groups in total. The van der Waals surface area contributed by atoms with Crippen LogP contribution in [-0.4, -0.2) is 11.0 Å². The number of guanidine groups is 1. The molecule has 0 spiro atoms. The summed E-state index contributed by atoms with van der Waals surface area (Å²) in [6, 6.07) is 7.49. The molecule has 1 aromatic carbocycles. The number of hydrazine groups is 1. The third-order valence-corrected chi connectivity index (χ3v) is 2.06. The minimum Gasteiger partial charge on any atom is -0.423 e. The molecule has 0 aliphatic heterocycles. The maximum Gasteiger partial charge on any atom is 0.336 e. The lowest BCUT2D eigenvalue weighted by Crippen LogP contribution is -2.35. The van der Waals surface area contributed by atoms with Crippen molar-refractivity contribution in [2.75, 3.05) is 0 Å². The number of nitro groups is 1. The Morgan fingerprint density at radius 3 is 2.89 bits per heavy atom. The van der Waals surface area contributed by atoms with Crippen LogP contribution in [0.3, 0.4) is 0 Å². The van der Waals surface area contributed by atoms with Gasteiger partial charge in [-0.2, -0.15) is 0 Å². The highest BCUT2D eigenvalue weighted by atomic mass is 16.7. The molecule has 2 aromatic rings. The van der Waals surface area contributed by atoms with Crippen LogP contribution in [0.5, 0.6) is 0 Å². The van der Waals surface area contributed by atoms with E-state index in [9.17, 15) is 14.9 Å². The van der Waals surface area contributed by atoms with Crippen molar-refractivity contribution in [3.8, 4) is 0 Å². The zero-order valence-corrected chi connectivity index (χ0v) is 8.99. The van der Waals surface area contributed by atoms with Crippen LogP contribution in [0, 0.1) is 10.1 Å². The Balaban J connectivity index is 2.38. The molecule has 0 amide bonds. The van der Waals surface area contributed by atoms with E-state index in [4.69, 9.17) is 10.2 Å². The van der Waals surface area contributed by atoms with Crippen LogP contribution >= 0.6 is 0 Å². The summed E-state index contributed by atoms with van der Waals surface area (Å²) in [7, 11) is 0. The van der Waals surface area contributed by atoms with Crippen molar-refractivity contribution in [3.05, 3.63) is 50.9 Å². The van der Waals surface area contributed by atoms with Gasteiger partial charge in [-0.1, -0.05) is 5.43 Å². The van der Waals surface area contributed by atoms with E-state index in [1.165, 1.54) is 18.2 Å². The highest BCUT2D eigenvalue weighted by molar-refractivity contribution is 5.84. The van der Waals surface area contributed by atoms with Gasteiger partial charge in [0.05, 0.1) is 5.69 Å². The molecular formula is C10H8N4O4. The van der Waals surface area contributed by atoms with Crippen molar-refractivity contribution in [2.45, 2.75) is 0 Å². The number of benzene rings is 1. The third-order valence-electron chi connectivity index (χ3n) is 2.06. The van der Waals surface area contributed by atoms with Gasteiger partial charge in [0.2, 0.25) is 0 Å². The fourth-order valence-electron chi connectivity index (χ4n) is 1.39. The fourth-order valence-corrected chi connectivity index (χ4v) is 1.39. The highest BCUT2D eigenvalue weighted by Gasteiger charge is 2.02. The van der Waals surface area contributed by atoms with Gasteiger partial charge in [0, 0.05) is 11.5 Å². The first-order valence-corrected chi connectivity index (χ1v) is 4.84. The number of nitrogens with two attached hydrogens (primary N) is 1. The summed E-state index contributed by atoms with van der Waals surface area (Å²) < 4.78 is 4.93. The van der Waals surface area contributed by atoms with Crippen molar-refractivity contribution >= 4 is 22.6 Å². The maximum absolute atomic E-state index is 11.0. The third kappa shape index (κ3) is 2.61. The molecule has 0 saturated carbocycles. The van der Waals surface area contributed by atoms with Gasteiger partial charge >= 0.3 is 5.63 Å². The standard InChI is InChI=1S/C10H8N4O4/c11-10(13-14(16)17)12-7-2-3-8-6(5-7)1-4-9(15)18-8/h1-5H,(H3,11,12,13). The minimum atomic E-state index is -0.807. The quantitative estimate of drug-likeness (QED) is 0.262. The number of aliphatic imine (C=N–C) groups is 1. The predicted octanol–water partition coefficient (Wildman–Crippen LogP) is 0.520. The summed E-state index contributed by atoms with van der Waals surface area (Å²) in [5.41, 5.74) is 7.38. The van der Waals surface area contributed by atoms with E-state index < -0.39 is 10.7 Å². The number of nitrogens with one attached hydrogen (secondary N) is 1. The van der Waals surface area contributed by atoms with Crippen LogP contribution in [0.15, 0.2) is 44.5 Å². The lowest BCUT2D eigenvalue weighted by molar-refractivity contribution is -0.525. The molecule has 0 saturated heterocycles. The molecule has 0 radical (unpaired) electrons. The van der Waals surface area contributed by atoms with Crippen molar-refractivity contribution in [2.24, 2.45) is 10.7 Å². The Hall–Kier alpha value is -2.90. The Morgan fingerprint density at radius 2 is 2.17 bits per heavy atom. The van der Waals surface area contributed by atoms with Crippen LogP contribution in [0.4, 0.5) is 5.69 Å². The normalized spacial score (nSPS) is 11.4. The zero-order chi connectivity index (χ0) is 13.1. The van der Waals surface area contributed by atoms with E-state index in [0.717, 1.165) is 0 Å². The summed E-state index contributed by atoms with van der Waals surface area (Å²) in [6.45, 7) is 0. The van der Waals surface area contributed by atoms with Gasteiger partial charge in [-0.25, -0.2) is 19.9 Å². The number of fused-ring (bicyclic) bond motifs is 1. The minimum absolute atomic E-state index is 0.336. The van der Waals surface area contributed by atoms with Crippen LogP contribution in [0.2, 0.25) is 0 Å². The smallest absolute Gasteiger partial charge is 0.336 e. The Bertz CT molecular complexity index is 692. The Labute approximate surface area is 99.9 Å². The van der Waals surface area contributed by atoms with E-state index >= 15 is 0 Å². The lowest BCUT2D eigenvalue weighted by Gasteiger charge is -1.99. The van der Waals surface area contributed by atoms with Gasteiger partial charge < -0.3 is 10.2 Å². The predicted molar refractivity (Wildman–Crippen MR) is 63.9 cm³/mol. The first-order valence-electron chi connectivity index (χ1n) is 4.84. The van der Waals surface area contributed by atoms with Gasteiger partial charge in [0.1, 0.15) is 5.58 Å². The first kappa shape index (κ1) is 11.6. The zero-order valence-electron chi connectivity index (χ0n) is 8.99. The second kappa shape index (κ2) is 4.53. The van der Waals surface area contributed by atoms with Crippen molar-refractivity contribution in [1.82, 2.24) is 5.43 Å². The molecule has 0 aliphatic rings. The van der Waals surface area contributed by atoms with Crippen LogP contribution in [-0.2, 0) is 0 Å². The van der Waals surface area contributed by atoms with Crippen LogP contribution < -0.4 is 16.8 Å². The van der Waals surface area contributed by atoms with Crippen molar-refractivity contribution in [3.63, 3.8) is 0 Å². The molecule has 0 atom stereocenters. The Morgan fingerprint density at radius 1 is 1.39 bits per heavy atom. The topological polar surface area (TPSA) is 124 Å². The lowest BCUT2D eigenvalue weighted by atomic mass is 10.2.